The normalized spacial score (nSPS) is 20.6. The van der Waals surface area contributed by atoms with Crippen LogP contribution < -0.4 is 4.90 Å². The summed E-state index contributed by atoms with van der Waals surface area (Å²) >= 11 is 0. The van der Waals surface area contributed by atoms with E-state index >= 15 is 0 Å². The molecule has 2 amide bonds. The molecule has 0 spiro atoms. The Balaban J connectivity index is 1.88. The lowest BCUT2D eigenvalue weighted by Crippen LogP contribution is -2.47. The molecule has 1 aromatic rings. The summed E-state index contributed by atoms with van der Waals surface area (Å²) in [5.74, 6) is 0.249. The minimum Gasteiger partial charge on any atom is -0.323 e. The Bertz CT molecular complexity index is 600. The summed E-state index contributed by atoms with van der Waals surface area (Å²) < 4.78 is 0. The summed E-state index contributed by atoms with van der Waals surface area (Å²) in [4.78, 5) is 32.3. The number of piperidine rings is 1. The van der Waals surface area contributed by atoms with Gasteiger partial charge in [-0.15, -0.1) is 0 Å². The van der Waals surface area contributed by atoms with Gasteiger partial charge in [0, 0.05) is 43.6 Å². The average molecular weight is 287 g/mol. The van der Waals surface area contributed by atoms with E-state index in [9.17, 15) is 9.59 Å². The van der Waals surface area contributed by atoms with E-state index in [1.54, 1.807) is 4.90 Å². The SMILES string of the molecule is Cc1ccc2c(n1)C(C)(C)CN2C(=O)N1CCC(=O)CC1. The number of hydrogen-bond acceptors (Lipinski definition) is 3. The standard InChI is InChI=1S/C16H21N3O2/c1-11-4-5-13-14(17-11)16(2,3)10-19(13)15(21)18-8-6-12(20)7-9-18/h4-5H,6-10H2,1-3H3. The number of carbonyl (C=O) groups is 2. The molecule has 112 valence electrons. The van der Waals surface area contributed by atoms with Crippen molar-refractivity contribution in [3.63, 3.8) is 0 Å². The molecule has 0 N–H and O–H groups in total. The molecular formula is C16H21N3O2. The van der Waals surface area contributed by atoms with E-state index < -0.39 is 0 Å². The van der Waals surface area contributed by atoms with Gasteiger partial charge in [-0.3, -0.25) is 14.7 Å². The van der Waals surface area contributed by atoms with Gasteiger partial charge in [0.2, 0.25) is 0 Å². The smallest absolute Gasteiger partial charge is 0.323 e. The van der Waals surface area contributed by atoms with Crippen molar-refractivity contribution in [2.45, 2.75) is 39.0 Å². The first-order valence-corrected chi connectivity index (χ1v) is 7.45. The van der Waals surface area contributed by atoms with Gasteiger partial charge in [-0.05, 0) is 19.1 Å². The number of fused-ring (bicyclic) bond motifs is 1. The van der Waals surface area contributed by atoms with Crippen molar-refractivity contribution in [1.29, 1.82) is 0 Å². The molecule has 21 heavy (non-hydrogen) atoms. The topological polar surface area (TPSA) is 53.5 Å². The van der Waals surface area contributed by atoms with Gasteiger partial charge >= 0.3 is 6.03 Å². The minimum atomic E-state index is -0.136. The quantitative estimate of drug-likeness (QED) is 0.735. The Hall–Kier alpha value is -1.91. The number of aryl methyl sites for hydroxylation is 1. The number of nitrogens with zero attached hydrogens (tertiary/aromatic N) is 3. The van der Waals surface area contributed by atoms with Gasteiger partial charge in [0.25, 0.3) is 0 Å². The summed E-state index contributed by atoms with van der Waals surface area (Å²) in [5.41, 5.74) is 2.74. The molecule has 0 unspecified atom stereocenters. The van der Waals surface area contributed by atoms with Crippen LogP contribution in [-0.2, 0) is 10.2 Å². The fraction of sp³-hybridized carbons (Fsp3) is 0.562. The summed E-state index contributed by atoms with van der Waals surface area (Å²) in [7, 11) is 0. The third kappa shape index (κ3) is 2.41. The monoisotopic (exact) mass is 287 g/mol. The van der Waals surface area contributed by atoms with Crippen LogP contribution in [0.1, 0.15) is 38.1 Å². The van der Waals surface area contributed by atoms with E-state index in [1.165, 1.54) is 0 Å². The number of urea groups is 1. The Labute approximate surface area is 124 Å². The second-order valence-electron chi connectivity index (χ2n) is 6.60. The molecule has 3 heterocycles. The summed E-state index contributed by atoms with van der Waals surface area (Å²) in [5, 5.41) is 0. The Morgan fingerprint density at radius 2 is 1.90 bits per heavy atom. The highest BCUT2D eigenvalue weighted by Gasteiger charge is 2.41. The highest BCUT2D eigenvalue weighted by molar-refractivity contribution is 5.95. The summed E-state index contributed by atoms with van der Waals surface area (Å²) in [6.45, 7) is 7.90. The van der Waals surface area contributed by atoms with Gasteiger partial charge in [0.1, 0.15) is 5.78 Å². The van der Waals surface area contributed by atoms with Gasteiger partial charge in [-0.1, -0.05) is 13.8 Å². The van der Waals surface area contributed by atoms with Gasteiger partial charge in [0.05, 0.1) is 11.4 Å². The fourth-order valence-electron chi connectivity index (χ4n) is 3.11. The maximum atomic E-state index is 12.8. The maximum absolute atomic E-state index is 12.8. The van der Waals surface area contributed by atoms with Crippen LogP contribution in [0.3, 0.4) is 0 Å². The molecule has 0 bridgehead atoms. The number of pyridine rings is 1. The lowest BCUT2D eigenvalue weighted by Gasteiger charge is -2.31. The number of anilines is 1. The van der Waals surface area contributed by atoms with Crippen LogP contribution in [0.15, 0.2) is 12.1 Å². The van der Waals surface area contributed by atoms with Crippen molar-refractivity contribution in [3.05, 3.63) is 23.5 Å². The molecule has 1 saturated heterocycles. The number of likely N-dealkylation sites (tertiary alicyclic amines) is 1. The van der Waals surface area contributed by atoms with Crippen LogP contribution in [0.4, 0.5) is 10.5 Å². The van der Waals surface area contributed by atoms with Crippen LogP contribution >= 0.6 is 0 Å². The summed E-state index contributed by atoms with van der Waals surface area (Å²) in [6.07, 6.45) is 0.948. The molecule has 2 aliphatic rings. The van der Waals surface area contributed by atoms with Crippen molar-refractivity contribution in [2.24, 2.45) is 0 Å². The highest BCUT2D eigenvalue weighted by Crippen LogP contribution is 2.39. The molecule has 0 radical (unpaired) electrons. The number of hydrogen-bond donors (Lipinski definition) is 0. The van der Waals surface area contributed by atoms with Crippen molar-refractivity contribution >= 4 is 17.5 Å². The zero-order valence-corrected chi connectivity index (χ0v) is 12.8. The second kappa shape index (κ2) is 4.83. The fourth-order valence-corrected chi connectivity index (χ4v) is 3.11. The third-order valence-electron chi connectivity index (χ3n) is 4.32. The zero-order chi connectivity index (χ0) is 15.2. The highest BCUT2D eigenvalue weighted by atomic mass is 16.2. The molecule has 0 atom stereocenters. The number of carbonyl (C=O) groups excluding carboxylic acids is 2. The maximum Gasteiger partial charge on any atom is 0.324 e. The summed E-state index contributed by atoms with van der Waals surface area (Å²) in [6, 6.07) is 3.93. The van der Waals surface area contributed by atoms with Crippen molar-refractivity contribution in [3.8, 4) is 0 Å². The van der Waals surface area contributed by atoms with Crippen LogP contribution in [0, 0.1) is 6.92 Å². The second-order valence-corrected chi connectivity index (χ2v) is 6.60. The van der Waals surface area contributed by atoms with Crippen LogP contribution in [-0.4, -0.2) is 41.3 Å². The van der Waals surface area contributed by atoms with E-state index in [-0.39, 0.29) is 17.2 Å². The van der Waals surface area contributed by atoms with Crippen molar-refractivity contribution in [1.82, 2.24) is 9.88 Å². The zero-order valence-electron chi connectivity index (χ0n) is 12.8. The van der Waals surface area contributed by atoms with Gasteiger partial charge in [-0.2, -0.15) is 0 Å². The van der Waals surface area contributed by atoms with E-state index in [1.807, 2.05) is 24.0 Å². The minimum absolute atomic E-state index is 0.0000203. The van der Waals surface area contributed by atoms with Gasteiger partial charge in [0.15, 0.2) is 0 Å². The first-order chi connectivity index (χ1) is 9.88. The molecule has 2 aliphatic heterocycles. The van der Waals surface area contributed by atoms with E-state index in [2.05, 4.69) is 18.8 Å². The molecule has 3 rings (SSSR count). The molecule has 5 nitrogen and oxygen atoms in total. The largest absolute Gasteiger partial charge is 0.324 e. The van der Waals surface area contributed by atoms with Gasteiger partial charge < -0.3 is 4.90 Å². The number of aromatic nitrogens is 1. The van der Waals surface area contributed by atoms with E-state index in [0.717, 1.165) is 17.1 Å². The van der Waals surface area contributed by atoms with Crippen molar-refractivity contribution < 1.29 is 9.59 Å². The molecule has 5 heteroatoms. The van der Waals surface area contributed by atoms with Crippen molar-refractivity contribution in [2.75, 3.05) is 24.5 Å². The Kier molecular flexibility index (Phi) is 3.23. The van der Waals surface area contributed by atoms with E-state index in [4.69, 9.17) is 0 Å². The predicted octanol–water partition coefficient (Wildman–Crippen LogP) is 2.27. The number of ketones is 1. The number of amides is 2. The van der Waals surface area contributed by atoms with Crippen LogP contribution in [0.2, 0.25) is 0 Å². The number of Topliss-reactive ketones (excluding diaryl/α,β-unsaturated/α-hetero) is 1. The Morgan fingerprint density at radius 3 is 2.57 bits per heavy atom. The van der Waals surface area contributed by atoms with Crippen LogP contribution in [0.5, 0.6) is 0 Å². The van der Waals surface area contributed by atoms with Gasteiger partial charge in [-0.25, -0.2) is 4.79 Å². The first kappa shape index (κ1) is 14.0. The molecule has 1 fully saturated rings. The lowest BCUT2D eigenvalue weighted by molar-refractivity contribution is -0.120. The lowest BCUT2D eigenvalue weighted by atomic mass is 9.91. The average Bonchev–Trinajstić information content (AvgIpc) is 2.71. The molecule has 0 aromatic carbocycles. The Morgan fingerprint density at radius 1 is 1.24 bits per heavy atom. The molecular weight excluding hydrogens is 266 g/mol. The number of rotatable bonds is 0. The van der Waals surface area contributed by atoms with Crippen LogP contribution in [0.25, 0.3) is 0 Å². The molecule has 0 saturated carbocycles. The van der Waals surface area contributed by atoms with E-state index in [0.29, 0.717) is 32.5 Å². The third-order valence-corrected chi connectivity index (χ3v) is 4.32. The predicted molar refractivity (Wildman–Crippen MR) is 80.6 cm³/mol. The molecule has 1 aromatic heterocycles. The first-order valence-electron chi connectivity index (χ1n) is 7.45. The molecule has 0 aliphatic carbocycles.